The summed E-state index contributed by atoms with van der Waals surface area (Å²) in [5.74, 6) is -0.876. The first kappa shape index (κ1) is 11.8. The molecule has 0 aromatic rings. The van der Waals surface area contributed by atoms with Crippen LogP contribution in [0.4, 0.5) is 4.39 Å². The molecule has 1 N–H and O–H groups in total. The molecule has 0 radical (unpaired) electrons. The average molecular weight is 230 g/mol. The van der Waals surface area contributed by atoms with Gasteiger partial charge in [0.15, 0.2) is 0 Å². The minimum atomic E-state index is -0.972. The van der Waals surface area contributed by atoms with Gasteiger partial charge in [0.2, 0.25) is 0 Å². The first-order valence-electron chi connectivity index (χ1n) is 5.89. The number of hydrogen-bond donors (Lipinski definition) is 1. The average Bonchev–Trinajstić information content (AvgIpc) is 2.61. The van der Waals surface area contributed by atoms with E-state index in [0.29, 0.717) is 6.54 Å². The van der Waals surface area contributed by atoms with Gasteiger partial charge in [0.25, 0.3) is 0 Å². The molecule has 2 rings (SSSR count). The van der Waals surface area contributed by atoms with Crippen LogP contribution in [0.15, 0.2) is 0 Å². The van der Waals surface area contributed by atoms with Crippen LogP contribution in [0.3, 0.4) is 0 Å². The Labute approximate surface area is 95.0 Å². The molecule has 2 aliphatic heterocycles. The van der Waals surface area contributed by atoms with Gasteiger partial charge in [-0.25, -0.2) is 4.39 Å². The molecule has 0 bridgehead atoms. The molecular formula is C11H19FN2O2. The maximum Gasteiger partial charge on any atom is 0.321 e. The summed E-state index contributed by atoms with van der Waals surface area (Å²) < 4.78 is 13.3. The Kier molecular flexibility index (Phi) is 3.44. The van der Waals surface area contributed by atoms with Gasteiger partial charge in [-0.15, -0.1) is 0 Å². The second kappa shape index (κ2) is 4.67. The summed E-state index contributed by atoms with van der Waals surface area (Å²) in [6, 6.07) is -0.360. The van der Waals surface area contributed by atoms with Crippen molar-refractivity contribution in [1.82, 2.24) is 9.80 Å². The fourth-order valence-corrected chi connectivity index (χ4v) is 2.78. The zero-order valence-corrected chi connectivity index (χ0v) is 9.60. The number of hydrogen-bond acceptors (Lipinski definition) is 3. The Morgan fingerprint density at radius 3 is 2.56 bits per heavy atom. The normalized spacial score (nSPS) is 34.4. The number of carboxylic acid groups (broad SMARTS) is 1. The lowest BCUT2D eigenvalue weighted by molar-refractivity contribution is -0.143. The van der Waals surface area contributed by atoms with Gasteiger partial charge >= 0.3 is 5.97 Å². The minimum Gasteiger partial charge on any atom is -0.480 e. The van der Waals surface area contributed by atoms with E-state index < -0.39 is 18.2 Å². The zero-order chi connectivity index (χ0) is 11.7. The molecule has 16 heavy (non-hydrogen) atoms. The molecule has 0 aromatic carbocycles. The van der Waals surface area contributed by atoms with Gasteiger partial charge in [0, 0.05) is 19.0 Å². The van der Waals surface area contributed by atoms with Crippen LogP contribution in [0.5, 0.6) is 0 Å². The smallest absolute Gasteiger partial charge is 0.321 e. The Hall–Kier alpha value is -0.680. The molecule has 2 atom stereocenters. The molecule has 0 aromatic heterocycles. The number of aliphatic carboxylic acids is 1. The summed E-state index contributed by atoms with van der Waals surface area (Å²) in [7, 11) is 2.06. The van der Waals surface area contributed by atoms with Crippen molar-refractivity contribution in [3.8, 4) is 0 Å². The van der Waals surface area contributed by atoms with Gasteiger partial charge in [-0.2, -0.15) is 0 Å². The monoisotopic (exact) mass is 230 g/mol. The standard InChI is InChI=1S/C11H19FN2O2/c1-13-4-2-9(3-5-13)14-7-8(12)6-10(14)11(15)16/h8-10H,2-7H2,1H3,(H,15,16)/t8-,10+/m0/s1. The Morgan fingerprint density at radius 1 is 1.38 bits per heavy atom. The van der Waals surface area contributed by atoms with Crippen LogP contribution in [0.2, 0.25) is 0 Å². The third-order valence-electron chi connectivity index (χ3n) is 3.73. The first-order chi connectivity index (χ1) is 7.58. The summed E-state index contributed by atoms with van der Waals surface area (Å²) in [6.45, 7) is 2.25. The highest BCUT2D eigenvalue weighted by molar-refractivity contribution is 5.74. The fourth-order valence-electron chi connectivity index (χ4n) is 2.78. The number of nitrogens with zero attached hydrogens (tertiary/aromatic N) is 2. The van der Waals surface area contributed by atoms with Gasteiger partial charge in [-0.1, -0.05) is 0 Å². The highest BCUT2D eigenvalue weighted by Crippen LogP contribution is 2.27. The van der Waals surface area contributed by atoms with Crippen molar-refractivity contribution < 1.29 is 14.3 Å². The van der Waals surface area contributed by atoms with Crippen molar-refractivity contribution in [3.05, 3.63) is 0 Å². The van der Waals surface area contributed by atoms with Crippen LogP contribution in [-0.4, -0.2) is 65.8 Å². The van der Waals surface area contributed by atoms with Crippen molar-refractivity contribution in [3.63, 3.8) is 0 Å². The van der Waals surface area contributed by atoms with E-state index in [1.807, 2.05) is 4.90 Å². The molecule has 2 heterocycles. The molecule has 0 aliphatic carbocycles. The predicted molar refractivity (Wildman–Crippen MR) is 58.2 cm³/mol. The maximum atomic E-state index is 13.3. The van der Waals surface area contributed by atoms with Crippen molar-refractivity contribution >= 4 is 5.97 Å². The van der Waals surface area contributed by atoms with E-state index in [0.717, 1.165) is 25.9 Å². The van der Waals surface area contributed by atoms with E-state index in [1.165, 1.54) is 0 Å². The molecule has 0 spiro atoms. The van der Waals surface area contributed by atoms with Gasteiger partial charge in [-0.3, -0.25) is 9.69 Å². The Bertz CT molecular complexity index is 267. The van der Waals surface area contributed by atoms with Crippen LogP contribution in [0.1, 0.15) is 19.3 Å². The largest absolute Gasteiger partial charge is 0.480 e. The van der Waals surface area contributed by atoms with Crippen LogP contribution in [0, 0.1) is 0 Å². The number of piperidine rings is 1. The van der Waals surface area contributed by atoms with Gasteiger partial charge in [0.05, 0.1) is 0 Å². The number of likely N-dealkylation sites (tertiary alicyclic amines) is 2. The SMILES string of the molecule is CN1CCC(N2C[C@@H](F)C[C@@H]2C(=O)O)CC1. The molecule has 2 aliphatic rings. The highest BCUT2D eigenvalue weighted by Gasteiger charge is 2.41. The van der Waals surface area contributed by atoms with Gasteiger partial charge in [-0.05, 0) is 33.0 Å². The molecule has 0 saturated carbocycles. The topological polar surface area (TPSA) is 43.8 Å². The lowest BCUT2D eigenvalue weighted by atomic mass is 10.0. The van der Waals surface area contributed by atoms with Crippen molar-refractivity contribution in [1.29, 1.82) is 0 Å². The molecule has 5 heteroatoms. The van der Waals surface area contributed by atoms with Gasteiger partial charge < -0.3 is 10.0 Å². The number of carboxylic acids is 1. The third-order valence-corrected chi connectivity index (χ3v) is 3.73. The maximum absolute atomic E-state index is 13.3. The minimum absolute atomic E-state index is 0.154. The van der Waals surface area contributed by atoms with Crippen molar-refractivity contribution in [2.45, 2.75) is 37.5 Å². The highest BCUT2D eigenvalue weighted by atomic mass is 19.1. The first-order valence-corrected chi connectivity index (χ1v) is 5.89. The fraction of sp³-hybridized carbons (Fsp3) is 0.909. The second-order valence-electron chi connectivity index (χ2n) is 4.92. The van der Waals surface area contributed by atoms with Crippen LogP contribution >= 0.6 is 0 Å². The van der Waals surface area contributed by atoms with Gasteiger partial charge in [0.1, 0.15) is 12.2 Å². The molecule has 2 saturated heterocycles. The van der Waals surface area contributed by atoms with E-state index in [-0.39, 0.29) is 12.5 Å². The van der Waals surface area contributed by atoms with E-state index >= 15 is 0 Å². The Balaban J connectivity index is 1.99. The molecular weight excluding hydrogens is 211 g/mol. The number of halogens is 1. The molecule has 92 valence electrons. The van der Waals surface area contributed by atoms with E-state index in [2.05, 4.69) is 11.9 Å². The van der Waals surface area contributed by atoms with E-state index in [4.69, 9.17) is 5.11 Å². The van der Waals surface area contributed by atoms with E-state index in [1.54, 1.807) is 0 Å². The zero-order valence-electron chi connectivity index (χ0n) is 9.60. The summed E-state index contributed by atoms with van der Waals surface area (Å²) in [5, 5.41) is 9.07. The quantitative estimate of drug-likeness (QED) is 0.753. The summed E-state index contributed by atoms with van der Waals surface area (Å²) in [5.41, 5.74) is 0. The van der Waals surface area contributed by atoms with Crippen molar-refractivity contribution in [2.24, 2.45) is 0 Å². The van der Waals surface area contributed by atoms with Crippen LogP contribution < -0.4 is 0 Å². The molecule has 0 amide bonds. The second-order valence-corrected chi connectivity index (χ2v) is 4.92. The predicted octanol–water partition coefficient (Wildman–Crippen LogP) is 0.578. The number of rotatable bonds is 2. The molecule has 2 fully saturated rings. The molecule has 0 unspecified atom stereocenters. The van der Waals surface area contributed by atoms with E-state index in [9.17, 15) is 9.18 Å². The third kappa shape index (κ3) is 2.35. The number of alkyl halides is 1. The van der Waals surface area contributed by atoms with Crippen molar-refractivity contribution in [2.75, 3.05) is 26.7 Å². The summed E-state index contributed by atoms with van der Waals surface area (Å²) in [6.07, 6.45) is 1.09. The lowest BCUT2D eigenvalue weighted by Crippen LogP contribution is -2.48. The number of carbonyl (C=O) groups is 1. The summed E-state index contributed by atoms with van der Waals surface area (Å²) >= 11 is 0. The van der Waals surface area contributed by atoms with Crippen LogP contribution in [-0.2, 0) is 4.79 Å². The molecule has 4 nitrogen and oxygen atoms in total. The Morgan fingerprint density at radius 2 is 2.00 bits per heavy atom. The van der Waals surface area contributed by atoms with Crippen LogP contribution in [0.25, 0.3) is 0 Å². The summed E-state index contributed by atoms with van der Waals surface area (Å²) in [4.78, 5) is 15.1. The lowest BCUT2D eigenvalue weighted by Gasteiger charge is -2.36.